The molecule has 0 aliphatic rings. The minimum atomic E-state index is 0.628. The molecule has 37 heavy (non-hydrogen) atoms. The molecule has 3 nitrogen and oxygen atoms in total. The summed E-state index contributed by atoms with van der Waals surface area (Å²) >= 11 is 0. The molecular weight excluding hydrogens is 452 g/mol. The van der Waals surface area contributed by atoms with Gasteiger partial charge in [0.15, 0.2) is 5.58 Å². The van der Waals surface area contributed by atoms with E-state index in [1.165, 1.54) is 11.1 Å². The van der Waals surface area contributed by atoms with Gasteiger partial charge in [0.25, 0.3) is 0 Å². The normalized spacial score (nSPS) is 11.2. The van der Waals surface area contributed by atoms with Crippen molar-refractivity contribution in [3.63, 3.8) is 0 Å². The molecule has 2 heterocycles. The molecule has 0 radical (unpaired) electrons. The van der Waals surface area contributed by atoms with Gasteiger partial charge in [-0.25, -0.2) is 9.97 Å². The van der Waals surface area contributed by atoms with Crippen LogP contribution >= 0.6 is 0 Å². The molecule has 0 saturated heterocycles. The third kappa shape index (κ3) is 3.97. The maximum atomic E-state index is 5.99. The van der Waals surface area contributed by atoms with Gasteiger partial charge in [-0.3, -0.25) is 0 Å². The number of nitrogens with zero attached hydrogens (tertiary/aromatic N) is 2. The summed E-state index contributed by atoms with van der Waals surface area (Å²) in [5.74, 6) is 0.628. The molecular formula is C34H22N2O. The average Bonchev–Trinajstić information content (AvgIpc) is 3.42. The van der Waals surface area contributed by atoms with Gasteiger partial charge in [-0.1, -0.05) is 91.0 Å². The van der Waals surface area contributed by atoms with Crippen molar-refractivity contribution in [3.05, 3.63) is 133 Å². The summed E-state index contributed by atoms with van der Waals surface area (Å²) < 4.78 is 5.99. The lowest BCUT2D eigenvalue weighted by Gasteiger charge is -2.12. The molecule has 0 N–H and O–H groups in total. The second-order valence-electron chi connectivity index (χ2n) is 9.08. The van der Waals surface area contributed by atoms with Gasteiger partial charge in [-0.15, -0.1) is 0 Å². The van der Waals surface area contributed by atoms with Gasteiger partial charge in [-0.05, 0) is 64.7 Å². The van der Waals surface area contributed by atoms with Crippen molar-refractivity contribution in [1.82, 2.24) is 9.97 Å². The van der Waals surface area contributed by atoms with Crippen molar-refractivity contribution < 1.29 is 4.42 Å². The molecule has 0 saturated carbocycles. The van der Waals surface area contributed by atoms with Crippen LogP contribution in [0, 0.1) is 0 Å². The predicted octanol–water partition coefficient (Wildman–Crippen LogP) is 9.04. The molecule has 0 aliphatic carbocycles. The van der Waals surface area contributed by atoms with Gasteiger partial charge in [0, 0.05) is 16.5 Å². The zero-order valence-electron chi connectivity index (χ0n) is 20.0. The van der Waals surface area contributed by atoms with E-state index in [1.54, 1.807) is 0 Å². The molecule has 0 amide bonds. The second kappa shape index (κ2) is 8.89. The monoisotopic (exact) mass is 474 g/mol. The zero-order chi connectivity index (χ0) is 24.6. The van der Waals surface area contributed by atoms with Crippen molar-refractivity contribution >= 4 is 22.0 Å². The van der Waals surface area contributed by atoms with Gasteiger partial charge in [0.05, 0.1) is 11.2 Å². The van der Waals surface area contributed by atoms with E-state index >= 15 is 0 Å². The Bertz CT molecular complexity index is 1820. The minimum absolute atomic E-state index is 0.628. The van der Waals surface area contributed by atoms with E-state index in [0.717, 1.165) is 50.0 Å². The summed E-state index contributed by atoms with van der Waals surface area (Å²) in [6.45, 7) is 0. The molecule has 2 aromatic heterocycles. The van der Waals surface area contributed by atoms with Crippen LogP contribution in [0.2, 0.25) is 0 Å². The third-order valence-corrected chi connectivity index (χ3v) is 6.72. The molecule has 0 atom stereocenters. The Morgan fingerprint density at radius 3 is 1.84 bits per heavy atom. The van der Waals surface area contributed by atoms with E-state index in [0.29, 0.717) is 5.89 Å². The van der Waals surface area contributed by atoms with E-state index in [4.69, 9.17) is 9.40 Å². The Hall–Kier alpha value is -5.02. The SMILES string of the molecule is c1ccc(-c2ccc3nc(-c4ccccc4)cc(-c4ccc(-c5nc6ccccc6o5)cc4)c3c2)cc1. The van der Waals surface area contributed by atoms with Crippen LogP contribution in [0.3, 0.4) is 0 Å². The summed E-state index contributed by atoms with van der Waals surface area (Å²) in [6.07, 6.45) is 0. The van der Waals surface area contributed by atoms with E-state index in [-0.39, 0.29) is 0 Å². The standard InChI is InChI=1S/C34H22N2O/c1-3-9-23(10-4-1)27-19-20-30-29(21-27)28(22-32(35-30)25-11-5-2-6-12-25)24-15-17-26(18-16-24)34-36-31-13-7-8-14-33(31)37-34/h1-22H. The average molecular weight is 475 g/mol. The number of aromatic nitrogens is 2. The first kappa shape index (κ1) is 21.3. The Morgan fingerprint density at radius 2 is 1.08 bits per heavy atom. The number of oxazole rings is 1. The van der Waals surface area contributed by atoms with Gasteiger partial charge < -0.3 is 4.42 Å². The van der Waals surface area contributed by atoms with E-state index < -0.39 is 0 Å². The van der Waals surface area contributed by atoms with Crippen LogP contribution in [-0.2, 0) is 0 Å². The van der Waals surface area contributed by atoms with Crippen LogP contribution in [0.15, 0.2) is 138 Å². The van der Waals surface area contributed by atoms with Crippen molar-refractivity contribution in [3.8, 4) is 45.0 Å². The van der Waals surface area contributed by atoms with Gasteiger partial charge in [0.2, 0.25) is 5.89 Å². The number of para-hydroxylation sites is 2. The van der Waals surface area contributed by atoms with Crippen LogP contribution in [0.1, 0.15) is 0 Å². The van der Waals surface area contributed by atoms with Crippen LogP contribution in [0.5, 0.6) is 0 Å². The Morgan fingerprint density at radius 1 is 0.432 bits per heavy atom. The number of hydrogen-bond acceptors (Lipinski definition) is 3. The molecule has 7 aromatic rings. The first-order chi connectivity index (χ1) is 18.3. The smallest absolute Gasteiger partial charge is 0.227 e. The van der Waals surface area contributed by atoms with Crippen molar-refractivity contribution in [2.24, 2.45) is 0 Å². The van der Waals surface area contributed by atoms with Gasteiger partial charge in [-0.2, -0.15) is 0 Å². The van der Waals surface area contributed by atoms with Crippen LogP contribution in [0.4, 0.5) is 0 Å². The molecule has 0 aliphatic heterocycles. The Balaban J connectivity index is 1.38. The first-order valence-corrected chi connectivity index (χ1v) is 12.3. The first-order valence-electron chi connectivity index (χ1n) is 12.3. The van der Waals surface area contributed by atoms with E-state index in [9.17, 15) is 0 Å². The molecule has 7 rings (SSSR count). The lowest BCUT2D eigenvalue weighted by Crippen LogP contribution is -1.91. The number of hydrogen-bond donors (Lipinski definition) is 0. The predicted molar refractivity (Wildman–Crippen MR) is 151 cm³/mol. The van der Waals surface area contributed by atoms with Crippen molar-refractivity contribution in [1.29, 1.82) is 0 Å². The number of fused-ring (bicyclic) bond motifs is 2. The van der Waals surface area contributed by atoms with Crippen LogP contribution < -0.4 is 0 Å². The molecule has 5 aromatic carbocycles. The quantitative estimate of drug-likeness (QED) is 0.255. The Kier molecular flexibility index (Phi) is 5.11. The maximum absolute atomic E-state index is 5.99. The molecule has 0 bridgehead atoms. The molecule has 0 unspecified atom stereocenters. The number of rotatable bonds is 4. The van der Waals surface area contributed by atoms with Crippen molar-refractivity contribution in [2.75, 3.05) is 0 Å². The highest BCUT2D eigenvalue weighted by molar-refractivity contribution is 5.99. The van der Waals surface area contributed by atoms with E-state index in [2.05, 4.69) is 102 Å². The summed E-state index contributed by atoms with van der Waals surface area (Å²) in [6, 6.07) is 45.8. The largest absolute Gasteiger partial charge is 0.436 e. The maximum Gasteiger partial charge on any atom is 0.227 e. The molecule has 174 valence electrons. The summed E-state index contributed by atoms with van der Waals surface area (Å²) in [5.41, 5.74) is 10.3. The molecule has 3 heteroatoms. The number of pyridine rings is 1. The lowest BCUT2D eigenvalue weighted by molar-refractivity contribution is 0.620. The fraction of sp³-hybridized carbons (Fsp3) is 0. The highest BCUT2D eigenvalue weighted by atomic mass is 16.3. The van der Waals surface area contributed by atoms with Crippen LogP contribution in [-0.4, -0.2) is 9.97 Å². The Labute approximate surface area is 214 Å². The second-order valence-corrected chi connectivity index (χ2v) is 9.08. The minimum Gasteiger partial charge on any atom is -0.436 e. The topological polar surface area (TPSA) is 38.9 Å². The fourth-order valence-corrected chi connectivity index (χ4v) is 4.82. The zero-order valence-corrected chi connectivity index (χ0v) is 20.0. The van der Waals surface area contributed by atoms with E-state index in [1.807, 2.05) is 36.4 Å². The molecule has 0 fully saturated rings. The highest BCUT2D eigenvalue weighted by Crippen LogP contribution is 2.35. The van der Waals surface area contributed by atoms with Gasteiger partial charge in [0.1, 0.15) is 5.52 Å². The third-order valence-electron chi connectivity index (χ3n) is 6.72. The fourth-order valence-electron chi connectivity index (χ4n) is 4.82. The number of benzene rings is 5. The lowest BCUT2D eigenvalue weighted by atomic mass is 9.95. The highest BCUT2D eigenvalue weighted by Gasteiger charge is 2.13. The van der Waals surface area contributed by atoms with Crippen molar-refractivity contribution in [2.45, 2.75) is 0 Å². The molecule has 0 spiro atoms. The van der Waals surface area contributed by atoms with Crippen LogP contribution in [0.25, 0.3) is 67.0 Å². The summed E-state index contributed by atoms with van der Waals surface area (Å²) in [7, 11) is 0. The van der Waals surface area contributed by atoms with Gasteiger partial charge >= 0.3 is 0 Å². The summed E-state index contributed by atoms with van der Waals surface area (Å²) in [5, 5.41) is 1.12. The summed E-state index contributed by atoms with van der Waals surface area (Å²) in [4.78, 5) is 9.69.